The van der Waals surface area contributed by atoms with Crippen LogP contribution in [0.2, 0.25) is 0 Å². The van der Waals surface area contributed by atoms with E-state index in [0.29, 0.717) is 23.8 Å². The fourth-order valence-electron chi connectivity index (χ4n) is 7.68. The molecule has 1 heterocycles. The molecule has 1 aromatic rings. The van der Waals surface area contributed by atoms with E-state index in [1.54, 1.807) is 13.2 Å². The van der Waals surface area contributed by atoms with Crippen molar-refractivity contribution in [3.63, 3.8) is 0 Å². The summed E-state index contributed by atoms with van der Waals surface area (Å²) in [7, 11) is 3.66. The molecule has 3 aliphatic carbocycles. The predicted octanol–water partition coefficient (Wildman–Crippen LogP) is 4.69. The van der Waals surface area contributed by atoms with Gasteiger partial charge < -0.3 is 14.7 Å². The van der Waals surface area contributed by atoms with Crippen molar-refractivity contribution in [2.45, 2.75) is 58.1 Å². The summed E-state index contributed by atoms with van der Waals surface area (Å²) in [5.74, 6) is 2.64. The molecule has 31 heavy (non-hydrogen) atoms. The van der Waals surface area contributed by atoms with Crippen molar-refractivity contribution < 1.29 is 14.6 Å². The molecule has 4 heteroatoms. The van der Waals surface area contributed by atoms with Crippen LogP contribution in [-0.4, -0.2) is 42.2 Å². The summed E-state index contributed by atoms with van der Waals surface area (Å²) in [6.07, 6.45) is 11.2. The zero-order chi connectivity index (χ0) is 22.0. The first kappa shape index (κ1) is 20.8. The number of benzene rings is 1. The van der Waals surface area contributed by atoms with E-state index in [-0.39, 0.29) is 22.8 Å². The van der Waals surface area contributed by atoms with E-state index < -0.39 is 0 Å². The highest BCUT2D eigenvalue weighted by Gasteiger charge is 2.61. The smallest absolute Gasteiger partial charge is 0.246 e. The third kappa shape index (κ3) is 3.01. The van der Waals surface area contributed by atoms with Crippen molar-refractivity contribution in [2.75, 3.05) is 14.2 Å². The lowest BCUT2D eigenvalue weighted by Gasteiger charge is -2.59. The van der Waals surface area contributed by atoms with Gasteiger partial charge >= 0.3 is 0 Å². The maximum atomic E-state index is 12.3. The van der Waals surface area contributed by atoms with Gasteiger partial charge in [-0.15, -0.1) is 0 Å². The maximum absolute atomic E-state index is 12.3. The number of carbonyl (C=O) groups excluding carboxylic acids is 1. The number of amides is 1. The Morgan fingerprint density at radius 1 is 1.19 bits per heavy atom. The molecule has 1 N–H and O–H groups in total. The summed E-state index contributed by atoms with van der Waals surface area (Å²) in [4.78, 5) is 14.3. The van der Waals surface area contributed by atoms with Crippen LogP contribution in [0.5, 0.6) is 5.75 Å². The highest BCUT2D eigenvalue weighted by Crippen LogP contribution is 2.65. The Bertz CT molecular complexity index is 952. The van der Waals surface area contributed by atoms with Crippen molar-refractivity contribution in [3.8, 4) is 5.75 Å². The normalized spacial score (nSPS) is 42.9. The summed E-state index contributed by atoms with van der Waals surface area (Å²) in [6.45, 7) is 4.68. The molecule has 5 rings (SSSR count). The van der Waals surface area contributed by atoms with E-state index in [1.807, 2.05) is 30.1 Å². The molecule has 3 saturated carbocycles. The fraction of sp³-hybridized carbons (Fsp3) is 0.593. The molecule has 7 atom stereocenters. The highest BCUT2D eigenvalue weighted by atomic mass is 16.5. The molecule has 4 aliphatic rings. The van der Waals surface area contributed by atoms with E-state index in [1.165, 1.54) is 5.57 Å². The van der Waals surface area contributed by atoms with Gasteiger partial charge in [0.15, 0.2) is 0 Å². The van der Waals surface area contributed by atoms with Crippen molar-refractivity contribution >= 4 is 12.0 Å². The van der Waals surface area contributed by atoms with Crippen LogP contribution in [0.4, 0.5) is 0 Å². The second-order valence-electron chi connectivity index (χ2n) is 10.8. The van der Waals surface area contributed by atoms with Crippen LogP contribution >= 0.6 is 0 Å². The van der Waals surface area contributed by atoms with Gasteiger partial charge in [0.2, 0.25) is 5.91 Å². The van der Waals surface area contributed by atoms with Crippen molar-refractivity contribution in [2.24, 2.45) is 28.6 Å². The lowest BCUT2D eigenvalue weighted by molar-refractivity contribution is -0.140. The van der Waals surface area contributed by atoms with Gasteiger partial charge in [0.1, 0.15) is 5.75 Å². The number of aliphatic hydroxyl groups is 1. The van der Waals surface area contributed by atoms with E-state index in [2.05, 4.69) is 32.1 Å². The SMILES string of the molecule is COc1cccc(/C=C2\C[C@H]3[C@@H]4CC[C@H]5N(C)C(=O)C=C[C@]5(C)[C@H]4CC[C@]3(C)[C@H]2O)c1. The Morgan fingerprint density at radius 3 is 2.77 bits per heavy atom. The summed E-state index contributed by atoms with van der Waals surface area (Å²) < 4.78 is 5.38. The second kappa shape index (κ2) is 7.23. The van der Waals surface area contributed by atoms with Crippen LogP contribution in [-0.2, 0) is 4.79 Å². The van der Waals surface area contributed by atoms with Crippen molar-refractivity contribution in [1.82, 2.24) is 4.90 Å². The molecule has 0 saturated heterocycles. The number of rotatable bonds is 2. The zero-order valence-corrected chi connectivity index (χ0v) is 19.2. The van der Waals surface area contributed by atoms with Crippen LogP contribution in [0.25, 0.3) is 6.08 Å². The van der Waals surface area contributed by atoms with Gasteiger partial charge in [0.05, 0.1) is 13.2 Å². The molecule has 166 valence electrons. The second-order valence-corrected chi connectivity index (χ2v) is 10.8. The number of carbonyl (C=O) groups is 1. The molecule has 0 radical (unpaired) electrons. The van der Waals surface area contributed by atoms with Gasteiger partial charge in [0, 0.05) is 23.9 Å². The number of ether oxygens (including phenoxy) is 1. The van der Waals surface area contributed by atoms with E-state index >= 15 is 0 Å². The van der Waals surface area contributed by atoms with Gasteiger partial charge in [-0.1, -0.05) is 38.1 Å². The topological polar surface area (TPSA) is 49.8 Å². The highest BCUT2D eigenvalue weighted by molar-refractivity contribution is 5.89. The molecule has 4 nitrogen and oxygen atoms in total. The Labute approximate surface area is 186 Å². The third-order valence-electron chi connectivity index (χ3n) is 9.44. The predicted molar refractivity (Wildman–Crippen MR) is 122 cm³/mol. The number of hydrogen-bond acceptors (Lipinski definition) is 3. The zero-order valence-electron chi connectivity index (χ0n) is 19.2. The van der Waals surface area contributed by atoms with Crippen LogP contribution in [0.3, 0.4) is 0 Å². The lowest BCUT2D eigenvalue weighted by atomic mass is 9.48. The Hall–Kier alpha value is -2.07. The number of likely N-dealkylation sites (N-methyl/N-ethyl adjacent to an activating group) is 1. The monoisotopic (exact) mass is 421 g/mol. The van der Waals surface area contributed by atoms with E-state index in [4.69, 9.17) is 4.74 Å². The summed E-state index contributed by atoms with van der Waals surface area (Å²) in [5, 5.41) is 11.4. The van der Waals surface area contributed by atoms with Gasteiger partial charge in [-0.2, -0.15) is 0 Å². The average Bonchev–Trinajstić information content (AvgIpc) is 3.02. The molecule has 0 aromatic heterocycles. The minimum atomic E-state index is -0.388. The van der Waals surface area contributed by atoms with E-state index in [9.17, 15) is 9.90 Å². The molecular formula is C27H35NO3. The lowest BCUT2D eigenvalue weighted by Crippen LogP contribution is -2.59. The first-order chi connectivity index (χ1) is 14.8. The first-order valence-corrected chi connectivity index (χ1v) is 11.8. The third-order valence-corrected chi connectivity index (χ3v) is 9.44. The molecule has 3 fully saturated rings. The summed E-state index contributed by atoms with van der Waals surface area (Å²) >= 11 is 0. The molecule has 0 unspecified atom stereocenters. The van der Waals surface area contributed by atoms with Gasteiger partial charge in [-0.05, 0) is 79.2 Å². The van der Waals surface area contributed by atoms with Crippen LogP contribution in [0.15, 0.2) is 42.0 Å². The van der Waals surface area contributed by atoms with Crippen LogP contribution in [0.1, 0.15) is 51.5 Å². The Kier molecular flexibility index (Phi) is 4.85. The van der Waals surface area contributed by atoms with Crippen molar-refractivity contribution in [3.05, 3.63) is 47.6 Å². The standard InChI is InChI=1S/C27H35NO3/c1-26-13-11-24(29)28(3)23(26)9-8-20-21(26)10-12-27(2)22(20)16-18(25(27)30)14-17-6-5-7-19(15-17)31-4/h5-7,11,13-15,20-23,25,30H,8-10,12,16H2,1-4H3/b18-14+/t20-,21+,22+,23-,25+,26-,27+/m1/s1. The molecule has 0 spiro atoms. The fourth-order valence-corrected chi connectivity index (χ4v) is 7.68. The van der Waals surface area contributed by atoms with Gasteiger partial charge in [0.25, 0.3) is 0 Å². The minimum absolute atomic E-state index is 0.0388. The number of nitrogens with zero attached hydrogens (tertiary/aromatic N) is 1. The van der Waals surface area contributed by atoms with Crippen molar-refractivity contribution in [1.29, 1.82) is 0 Å². The Balaban J connectivity index is 1.46. The summed E-state index contributed by atoms with van der Waals surface area (Å²) in [5.41, 5.74) is 2.24. The number of methoxy groups -OCH3 is 1. The Morgan fingerprint density at radius 2 is 2.00 bits per heavy atom. The van der Waals surface area contributed by atoms with Gasteiger partial charge in [-0.3, -0.25) is 4.79 Å². The average molecular weight is 422 g/mol. The first-order valence-electron chi connectivity index (χ1n) is 11.8. The molecule has 0 bridgehead atoms. The number of fused-ring (bicyclic) bond motifs is 5. The number of hydrogen-bond donors (Lipinski definition) is 1. The van der Waals surface area contributed by atoms with Gasteiger partial charge in [-0.25, -0.2) is 0 Å². The molecule has 1 amide bonds. The van der Waals surface area contributed by atoms with Crippen LogP contribution < -0.4 is 4.74 Å². The quantitative estimate of drug-likeness (QED) is 0.754. The maximum Gasteiger partial charge on any atom is 0.246 e. The molecule has 1 aromatic carbocycles. The minimum Gasteiger partial charge on any atom is -0.497 e. The van der Waals surface area contributed by atoms with E-state index in [0.717, 1.165) is 43.4 Å². The number of aliphatic hydroxyl groups excluding tert-OH is 1. The largest absolute Gasteiger partial charge is 0.497 e. The summed E-state index contributed by atoms with van der Waals surface area (Å²) in [6, 6.07) is 8.39. The molecular weight excluding hydrogens is 386 g/mol. The van der Waals surface area contributed by atoms with Crippen LogP contribution in [0, 0.1) is 28.6 Å². The molecule has 1 aliphatic heterocycles.